The fraction of sp³-hybridized carbons (Fsp3) is 0.538. The van der Waals surface area contributed by atoms with Crippen LogP contribution >= 0.6 is 0 Å². The van der Waals surface area contributed by atoms with Crippen LogP contribution in [0.5, 0.6) is 0 Å². The van der Waals surface area contributed by atoms with Gasteiger partial charge < -0.3 is 38.6 Å². The van der Waals surface area contributed by atoms with Crippen molar-refractivity contribution in [2.75, 3.05) is 28.4 Å². The number of hydrogen-bond acceptors (Lipinski definition) is 8. The van der Waals surface area contributed by atoms with Gasteiger partial charge in [-0.25, -0.2) is 0 Å². The molecule has 0 aliphatic rings. The molecule has 0 spiro atoms. The first-order chi connectivity index (χ1) is 16.5. The summed E-state index contributed by atoms with van der Waals surface area (Å²) in [5.41, 5.74) is 1.88. The average Bonchev–Trinajstić information content (AvgIpc) is 2.89. The van der Waals surface area contributed by atoms with Crippen molar-refractivity contribution in [1.82, 2.24) is 0 Å². The minimum atomic E-state index is -1.29. The molecule has 8 nitrogen and oxygen atoms in total. The van der Waals surface area contributed by atoms with Crippen molar-refractivity contribution < 1.29 is 38.6 Å². The second kappa shape index (κ2) is 15.9. The molecule has 0 aliphatic heterocycles. The second-order valence-corrected chi connectivity index (χ2v) is 7.92. The summed E-state index contributed by atoms with van der Waals surface area (Å²) >= 11 is 0. The highest BCUT2D eigenvalue weighted by Crippen LogP contribution is 2.22. The summed E-state index contributed by atoms with van der Waals surface area (Å²) in [6.07, 6.45) is -4.95. The van der Waals surface area contributed by atoms with Crippen LogP contribution in [0.15, 0.2) is 60.7 Å². The monoisotopic (exact) mass is 478 g/mol. The smallest absolute Gasteiger partial charge is 0.159 e. The Kier molecular flexibility index (Phi) is 13.3. The quantitative estimate of drug-likeness (QED) is 0.335. The Morgan fingerprint density at radius 1 is 0.559 bits per heavy atom. The lowest BCUT2D eigenvalue weighted by Gasteiger charge is -2.34. The van der Waals surface area contributed by atoms with Gasteiger partial charge in [-0.15, -0.1) is 0 Å². The van der Waals surface area contributed by atoms with E-state index >= 15 is 0 Å². The molecule has 8 heteroatoms. The van der Waals surface area contributed by atoms with E-state index in [1.54, 1.807) is 0 Å². The molecule has 0 unspecified atom stereocenters. The van der Waals surface area contributed by atoms with Gasteiger partial charge in [0, 0.05) is 41.3 Å². The van der Waals surface area contributed by atoms with E-state index in [1.807, 2.05) is 60.7 Å². The van der Waals surface area contributed by atoms with Crippen LogP contribution < -0.4 is 0 Å². The molecule has 0 heterocycles. The maximum Gasteiger partial charge on any atom is 0.159 e. The Morgan fingerprint density at radius 3 is 1.18 bits per heavy atom. The van der Waals surface area contributed by atoms with E-state index in [9.17, 15) is 10.2 Å². The number of ether oxygens (including phenoxy) is 6. The Balaban J connectivity index is 2.16. The summed E-state index contributed by atoms with van der Waals surface area (Å²) in [5.74, 6) is 0. The predicted octanol–water partition coefficient (Wildman–Crippen LogP) is 2.90. The SMILES string of the molecule is COC(C[C@@H](OCc1ccccc1)[C@@H](O)[C@H](O)[C@@H](CC(OC)OC)OCc1ccccc1)OC. The van der Waals surface area contributed by atoms with Crippen LogP contribution in [0.1, 0.15) is 24.0 Å². The van der Waals surface area contributed by atoms with Gasteiger partial charge in [-0.1, -0.05) is 60.7 Å². The molecular formula is C26H38O8. The maximum atomic E-state index is 11.2. The summed E-state index contributed by atoms with van der Waals surface area (Å²) in [7, 11) is 6.05. The number of hydrogen-bond donors (Lipinski definition) is 2. The second-order valence-electron chi connectivity index (χ2n) is 7.92. The minimum Gasteiger partial charge on any atom is -0.388 e. The fourth-order valence-electron chi connectivity index (χ4n) is 3.56. The van der Waals surface area contributed by atoms with Crippen LogP contribution in [0.4, 0.5) is 0 Å². The summed E-state index contributed by atoms with van der Waals surface area (Å²) in [6.45, 7) is 0.507. The average molecular weight is 479 g/mol. The lowest BCUT2D eigenvalue weighted by atomic mass is 9.98. The highest BCUT2D eigenvalue weighted by molar-refractivity contribution is 5.14. The van der Waals surface area contributed by atoms with Crippen LogP contribution in [-0.4, -0.2) is 75.6 Å². The van der Waals surface area contributed by atoms with Crippen molar-refractivity contribution in [3.63, 3.8) is 0 Å². The van der Waals surface area contributed by atoms with Crippen molar-refractivity contribution in [3.8, 4) is 0 Å². The van der Waals surface area contributed by atoms with Gasteiger partial charge in [0.15, 0.2) is 12.6 Å². The Morgan fingerprint density at radius 2 is 0.882 bits per heavy atom. The standard InChI is InChI=1S/C26H38O8/c1-29-23(30-2)15-21(33-17-19-11-7-5-8-12-19)25(27)26(28)22(16-24(31-3)32-4)34-18-20-13-9-6-10-14-20/h5-14,21-28H,15-18H2,1-4H3/t21-,22-,25-,26-/m1/s1. The normalized spacial score (nSPS) is 15.4. The summed E-state index contributed by atoms with van der Waals surface area (Å²) in [6, 6.07) is 19.2. The molecule has 0 radical (unpaired) electrons. The summed E-state index contributed by atoms with van der Waals surface area (Å²) in [5, 5.41) is 22.3. The molecule has 34 heavy (non-hydrogen) atoms. The number of methoxy groups -OCH3 is 4. The first kappa shape index (κ1) is 28.4. The Bertz CT molecular complexity index is 686. The highest BCUT2D eigenvalue weighted by atomic mass is 16.7. The van der Waals surface area contributed by atoms with Crippen molar-refractivity contribution in [2.24, 2.45) is 0 Å². The third kappa shape index (κ3) is 9.40. The zero-order valence-electron chi connectivity index (χ0n) is 20.4. The molecule has 0 aromatic heterocycles. The van der Waals surface area contributed by atoms with E-state index in [0.29, 0.717) is 0 Å². The Labute approximate surface area is 202 Å². The van der Waals surface area contributed by atoms with Gasteiger partial charge in [0.05, 0.1) is 25.4 Å². The lowest BCUT2D eigenvalue weighted by Crippen LogP contribution is -2.48. The molecule has 2 N–H and O–H groups in total. The molecule has 2 aromatic rings. The third-order valence-corrected chi connectivity index (χ3v) is 5.63. The number of aliphatic hydroxyl groups is 2. The number of rotatable bonds is 17. The van der Waals surface area contributed by atoms with Gasteiger partial charge in [0.1, 0.15) is 12.2 Å². The van der Waals surface area contributed by atoms with Crippen LogP contribution in [0.2, 0.25) is 0 Å². The van der Waals surface area contributed by atoms with Gasteiger partial charge in [-0.3, -0.25) is 0 Å². The van der Waals surface area contributed by atoms with Crippen molar-refractivity contribution in [3.05, 3.63) is 71.8 Å². The molecular weight excluding hydrogens is 440 g/mol. The summed E-state index contributed by atoms with van der Waals surface area (Å²) < 4.78 is 33.3. The fourth-order valence-corrected chi connectivity index (χ4v) is 3.56. The van der Waals surface area contributed by atoms with Gasteiger partial charge in [-0.05, 0) is 11.1 Å². The first-order valence-corrected chi connectivity index (χ1v) is 11.3. The lowest BCUT2D eigenvalue weighted by molar-refractivity contribution is -0.192. The third-order valence-electron chi connectivity index (χ3n) is 5.63. The molecule has 0 saturated heterocycles. The molecule has 190 valence electrons. The highest BCUT2D eigenvalue weighted by Gasteiger charge is 2.36. The van der Waals surface area contributed by atoms with E-state index in [4.69, 9.17) is 28.4 Å². The van der Waals surface area contributed by atoms with Crippen molar-refractivity contribution in [2.45, 2.75) is 63.1 Å². The van der Waals surface area contributed by atoms with E-state index in [1.165, 1.54) is 28.4 Å². The van der Waals surface area contributed by atoms with Crippen molar-refractivity contribution >= 4 is 0 Å². The maximum absolute atomic E-state index is 11.2. The van der Waals surface area contributed by atoms with Crippen LogP contribution in [0.3, 0.4) is 0 Å². The zero-order valence-corrected chi connectivity index (χ0v) is 20.4. The zero-order chi connectivity index (χ0) is 24.8. The minimum absolute atomic E-state index is 0.210. The molecule has 2 rings (SSSR count). The first-order valence-electron chi connectivity index (χ1n) is 11.3. The van der Waals surface area contributed by atoms with Gasteiger partial charge >= 0.3 is 0 Å². The topological polar surface area (TPSA) is 95.8 Å². The number of benzene rings is 2. The molecule has 0 amide bonds. The van der Waals surface area contributed by atoms with E-state index in [-0.39, 0.29) is 26.1 Å². The van der Waals surface area contributed by atoms with Gasteiger partial charge in [0.25, 0.3) is 0 Å². The van der Waals surface area contributed by atoms with E-state index < -0.39 is 37.0 Å². The van der Waals surface area contributed by atoms with Crippen molar-refractivity contribution in [1.29, 1.82) is 0 Å². The van der Waals surface area contributed by atoms with Crippen LogP contribution in [-0.2, 0) is 41.6 Å². The summed E-state index contributed by atoms with van der Waals surface area (Å²) in [4.78, 5) is 0. The van der Waals surface area contributed by atoms with Crippen LogP contribution in [0, 0.1) is 0 Å². The van der Waals surface area contributed by atoms with Gasteiger partial charge in [0.2, 0.25) is 0 Å². The molecule has 0 saturated carbocycles. The molecule has 0 aliphatic carbocycles. The predicted molar refractivity (Wildman–Crippen MR) is 127 cm³/mol. The molecule has 0 bridgehead atoms. The number of aliphatic hydroxyl groups excluding tert-OH is 2. The van der Waals surface area contributed by atoms with Gasteiger partial charge in [-0.2, -0.15) is 0 Å². The molecule has 4 atom stereocenters. The van der Waals surface area contributed by atoms with Crippen LogP contribution in [0.25, 0.3) is 0 Å². The van der Waals surface area contributed by atoms with E-state index in [2.05, 4.69) is 0 Å². The van der Waals surface area contributed by atoms with E-state index in [0.717, 1.165) is 11.1 Å². The molecule has 2 aromatic carbocycles. The molecule has 0 fully saturated rings. The Hall–Kier alpha value is -1.88. The largest absolute Gasteiger partial charge is 0.388 e.